The third-order valence-electron chi connectivity index (χ3n) is 5.23. The van der Waals surface area contributed by atoms with Crippen LogP contribution < -0.4 is 22.1 Å². The van der Waals surface area contributed by atoms with E-state index in [1.165, 1.54) is 25.2 Å². The third-order valence-corrected chi connectivity index (χ3v) is 6.68. The van der Waals surface area contributed by atoms with Crippen molar-refractivity contribution in [1.82, 2.24) is 9.62 Å². The fourth-order valence-electron chi connectivity index (χ4n) is 3.36. The molecule has 11 heteroatoms. The summed E-state index contributed by atoms with van der Waals surface area (Å²) >= 11 is 0. The Morgan fingerprint density at radius 2 is 1.85 bits per heavy atom. The number of rotatable bonds is 10. The molecule has 186 valence electrons. The van der Waals surface area contributed by atoms with Crippen molar-refractivity contribution in [3.8, 4) is 11.5 Å². The maximum atomic E-state index is 12.9. The molecule has 3 rings (SSSR count). The number of benzene rings is 2. The Bertz CT molecular complexity index is 1020. The first-order chi connectivity index (χ1) is 16.3. The van der Waals surface area contributed by atoms with Gasteiger partial charge in [0.05, 0.1) is 10.9 Å². The van der Waals surface area contributed by atoms with E-state index in [1.54, 1.807) is 4.31 Å². The lowest BCUT2D eigenvalue weighted by Crippen LogP contribution is -2.43. The maximum absolute atomic E-state index is 12.9. The number of hydrogen-bond acceptors (Lipinski definition) is 8. The number of aromatic hydroxyl groups is 2. The number of amides is 1. The summed E-state index contributed by atoms with van der Waals surface area (Å²) in [4.78, 5) is 22.5. The number of fused-ring (bicyclic) bond motifs is 1. The standard InChI is InChI=1S/C22H28N4O5S.CH5N/c1-14(11-25-22(30)19(23)6-7-27)10-24-17-3-2-15-12-26(13-16(15)8-17)32(31)21-5-4-18(28)9-20(21)29;1-2/h2-5,7-9,14,19,24,28-29H,6,10-13,23H2,1H3,(H,25,30);2H2,1H3/t14?,19-,32?;/m0./s1. The van der Waals surface area contributed by atoms with E-state index in [0.29, 0.717) is 32.5 Å². The minimum atomic E-state index is -1.56. The molecule has 8 N–H and O–H groups in total. The quantitative estimate of drug-likeness (QED) is 0.265. The Morgan fingerprint density at radius 3 is 2.53 bits per heavy atom. The predicted molar refractivity (Wildman–Crippen MR) is 131 cm³/mol. The van der Waals surface area contributed by atoms with Crippen LogP contribution in [0.5, 0.6) is 11.5 Å². The molecule has 0 saturated carbocycles. The first kappa shape index (κ1) is 27.3. The molecule has 2 unspecified atom stereocenters. The van der Waals surface area contributed by atoms with Gasteiger partial charge in [0.15, 0.2) is 0 Å². The number of nitrogens with two attached hydrogens (primary N) is 2. The predicted octanol–water partition coefficient (Wildman–Crippen LogP) is 0.792. The smallest absolute Gasteiger partial charge is 0.237 e. The molecule has 0 aromatic heterocycles. The van der Waals surface area contributed by atoms with Crippen LogP contribution in [-0.4, -0.2) is 57.1 Å². The van der Waals surface area contributed by atoms with Crippen molar-refractivity contribution in [2.45, 2.75) is 37.4 Å². The normalized spacial score (nSPS) is 15.3. The Hall–Kier alpha value is -2.99. The highest BCUT2D eigenvalue weighted by Crippen LogP contribution is 2.32. The van der Waals surface area contributed by atoms with E-state index in [4.69, 9.17) is 5.73 Å². The summed E-state index contributed by atoms with van der Waals surface area (Å²) in [5.41, 5.74) is 13.1. The van der Waals surface area contributed by atoms with Crippen molar-refractivity contribution in [2.75, 3.05) is 25.5 Å². The number of nitrogens with one attached hydrogen (secondary N) is 2. The van der Waals surface area contributed by atoms with Crippen molar-refractivity contribution in [3.63, 3.8) is 0 Å². The van der Waals surface area contributed by atoms with Crippen LogP contribution in [0, 0.1) is 5.92 Å². The van der Waals surface area contributed by atoms with E-state index in [2.05, 4.69) is 16.4 Å². The molecular formula is C23H33N5O5S. The van der Waals surface area contributed by atoms with Gasteiger partial charge in [-0.1, -0.05) is 13.0 Å². The molecule has 0 saturated heterocycles. The zero-order valence-corrected chi connectivity index (χ0v) is 20.2. The van der Waals surface area contributed by atoms with Gasteiger partial charge in [0.25, 0.3) is 0 Å². The average molecular weight is 492 g/mol. The van der Waals surface area contributed by atoms with Gasteiger partial charge < -0.3 is 37.1 Å². The molecule has 0 aliphatic carbocycles. The summed E-state index contributed by atoms with van der Waals surface area (Å²) in [7, 11) is -0.0558. The van der Waals surface area contributed by atoms with Gasteiger partial charge in [-0.05, 0) is 48.4 Å². The maximum Gasteiger partial charge on any atom is 0.237 e. The number of carbonyl (C=O) groups is 2. The molecule has 3 atom stereocenters. The molecule has 0 bridgehead atoms. The monoisotopic (exact) mass is 491 g/mol. The molecule has 0 fully saturated rings. The van der Waals surface area contributed by atoms with Crippen LogP contribution in [0.15, 0.2) is 41.3 Å². The zero-order valence-electron chi connectivity index (χ0n) is 19.4. The summed E-state index contributed by atoms with van der Waals surface area (Å²) in [6, 6.07) is 9.17. The van der Waals surface area contributed by atoms with E-state index >= 15 is 0 Å². The second-order valence-electron chi connectivity index (χ2n) is 7.92. The van der Waals surface area contributed by atoms with Crippen molar-refractivity contribution < 1.29 is 24.0 Å². The van der Waals surface area contributed by atoms with Gasteiger partial charge in [-0.15, -0.1) is 0 Å². The summed E-state index contributed by atoms with van der Waals surface area (Å²) < 4.78 is 14.6. The highest BCUT2D eigenvalue weighted by Gasteiger charge is 2.26. The number of anilines is 1. The largest absolute Gasteiger partial charge is 0.508 e. The molecule has 34 heavy (non-hydrogen) atoms. The van der Waals surface area contributed by atoms with Crippen LogP contribution in [0.1, 0.15) is 24.5 Å². The van der Waals surface area contributed by atoms with Crippen LogP contribution >= 0.6 is 0 Å². The molecular weight excluding hydrogens is 458 g/mol. The van der Waals surface area contributed by atoms with Crippen LogP contribution in [0.25, 0.3) is 0 Å². The number of hydrogen-bond donors (Lipinski definition) is 6. The van der Waals surface area contributed by atoms with Crippen molar-refractivity contribution >= 4 is 28.9 Å². The number of carbonyl (C=O) groups excluding carboxylic acids is 2. The third kappa shape index (κ3) is 7.26. The fourth-order valence-corrected chi connectivity index (χ4v) is 4.58. The van der Waals surface area contributed by atoms with Gasteiger partial charge >= 0.3 is 0 Å². The molecule has 1 aliphatic heterocycles. The lowest BCUT2D eigenvalue weighted by Gasteiger charge is -2.16. The Kier molecular flexibility index (Phi) is 10.5. The van der Waals surface area contributed by atoms with Crippen LogP contribution in [-0.2, 0) is 33.7 Å². The highest BCUT2D eigenvalue weighted by molar-refractivity contribution is 7.82. The molecule has 0 radical (unpaired) electrons. The van der Waals surface area contributed by atoms with Gasteiger partial charge in [-0.2, -0.15) is 0 Å². The second-order valence-corrected chi connectivity index (χ2v) is 9.38. The van der Waals surface area contributed by atoms with E-state index in [1.807, 2.05) is 25.1 Å². The summed E-state index contributed by atoms with van der Waals surface area (Å²) in [6.07, 6.45) is 0.634. The van der Waals surface area contributed by atoms with Crippen LogP contribution in [0.4, 0.5) is 5.69 Å². The van der Waals surface area contributed by atoms with Gasteiger partial charge in [-0.3, -0.25) is 4.79 Å². The number of phenolic OH excluding ortho intramolecular Hbond substituents is 2. The Labute approximate surface area is 201 Å². The van der Waals surface area contributed by atoms with E-state index < -0.39 is 17.0 Å². The van der Waals surface area contributed by atoms with Gasteiger partial charge in [-0.25, -0.2) is 8.51 Å². The number of nitrogens with zero attached hydrogens (tertiary/aromatic N) is 1. The average Bonchev–Trinajstić information content (AvgIpc) is 3.25. The van der Waals surface area contributed by atoms with Gasteiger partial charge in [0, 0.05) is 44.4 Å². The molecule has 0 spiro atoms. The molecule has 1 amide bonds. The lowest BCUT2D eigenvalue weighted by atomic mass is 10.1. The Balaban J connectivity index is 0.00000199. The first-order valence-electron chi connectivity index (χ1n) is 10.9. The van der Waals surface area contributed by atoms with Crippen molar-refractivity contribution in [3.05, 3.63) is 47.5 Å². The summed E-state index contributed by atoms with van der Waals surface area (Å²) in [5, 5.41) is 25.5. The SMILES string of the molecule is CC(CNC(=O)[C@@H](N)CC=O)CNc1ccc2c(c1)CN(S(=O)c1ccc(O)cc1O)C2.CN. The molecule has 2 aromatic carbocycles. The molecule has 10 nitrogen and oxygen atoms in total. The fraction of sp³-hybridized carbons (Fsp3) is 0.391. The van der Waals surface area contributed by atoms with Gasteiger partial charge in [0.2, 0.25) is 5.91 Å². The minimum Gasteiger partial charge on any atom is -0.508 e. The van der Waals surface area contributed by atoms with Crippen LogP contribution in [0.2, 0.25) is 0 Å². The van der Waals surface area contributed by atoms with E-state index in [0.717, 1.165) is 16.8 Å². The number of phenols is 2. The Morgan fingerprint density at radius 1 is 1.15 bits per heavy atom. The second kappa shape index (κ2) is 13.0. The molecule has 1 heterocycles. The van der Waals surface area contributed by atoms with E-state index in [9.17, 15) is 24.0 Å². The zero-order chi connectivity index (χ0) is 25.3. The number of aldehydes is 1. The van der Waals surface area contributed by atoms with Crippen molar-refractivity contribution in [2.24, 2.45) is 17.4 Å². The van der Waals surface area contributed by atoms with Crippen LogP contribution in [0.3, 0.4) is 0 Å². The molecule has 1 aliphatic rings. The van der Waals surface area contributed by atoms with Crippen molar-refractivity contribution in [1.29, 1.82) is 0 Å². The van der Waals surface area contributed by atoms with E-state index in [-0.39, 0.29) is 34.6 Å². The first-order valence-corrected chi connectivity index (χ1v) is 12.0. The lowest BCUT2D eigenvalue weighted by molar-refractivity contribution is -0.124. The summed E-state index contributed by atoms with van der Waals surface area (Å²) in [5.74, 6) is -0.484. The highest BCUT2D eigenvalue weighted by atomic mass is 32.2. The van der Waals surface area contributed by atoms with Gasteiger partial charge in [0.1, 0.15) is 28.8 Å². The topological polar surface area (TPSA) is 171 Å². The minimum absolute atomic E-state index is 0.00174. The molecule has 2 aromatic rings. The summed E-state index contributed by atoms with van der Waals surface area (Å²) in [6.45, 7) is 4.01.